The quantitative estimate of drug-likeness (QED) is 0.753. The standard InChI is InChI=1S/C21H21N3O4/c1-3-24(12-18-22-15-9-5-4-8-14(15)20(25)23-18)21(26)19-13(2)27-16-10-6-7-11-17(16)28-19/h4-11,13,19H,3,12H2,1-2H3,(H,22,23,25)/t13-,19+/m0/s1. The number of nitrogens with one attached hydrogen (secondary N) is 1. The van der Waals surface area contributed by atoms with E-state index in [4.69, 9.17) is 9.47 Å². The molecule has 7 nitrogen and oxygen atoms in total. The van der Waals surface area contributed by atoms with Crippen LogP contribution in [0.1, 0.15) is 19.7 Å². The van der Waals surface area contributed by atoms with E-state index in [-0.39, 0.29) is 18.0 Å². The van der Waals surface area contributed by atoms with Gasteiger partial charge >= 0.3 is 0 Å². The number of hydrogen-bond acceptors (Lipinski definition) is 5. The maximum absolute atomic E-state index is 13.1. The first-order chi connectivity index (χ1) is 13.6. The smallest absolute Gasteiger partial charge is 0.267 e. The molecule has 1 N–H and O–H groups in total. The molecule has 4 rings (SSSR count). The molecular weight excluding hydrogens is 358 g/mol. The van der Waals surface area contributed by atoms with Crippen LogP contribution in [0.4, 0.5) is 0 Å². The van der Waals surface area contributed by atoms with Crippen molar-refractivity contribution in [3.63, 3.8) is 0 Å². The number of fused-ring (bicyclic) bond motifs is 2. The van der Waals surface area contributed by atoms with Crippen LogP contribution in [0.25, 0.3) is 10.9 Å². The number of aromatic amines is 1. The number of amides is 1. The van der Waals surface area contributed by atoms with Gasteiger partial charge in [-0.15, -0.1) is 0 Å². The molecule has 1 aromatic heterocycles. The minimum atomic E-state index is -0.762. The van der Waals surface area contributed by atoms with E-state index in [1.165, 1.54) is 0 Å². The van der Waals surface area contributed by atoms with Crippen molar-refractivity contribution < 1.29 is 14.3 Å². The number of H-pyrrole nitrogens is 1. The molecule has 3 aromatic rings. The number of hydrogen-bond donors (Lipinski definition) is 1. The maximum atomic E-state index is 13.1. The minimum Gasteiger partial charge on any atom is -0.482 e. The van der Waals surface area contributed by atoms with E-state index < -0.39 is 12.2 Å². The Hall–Kier alpha value is -3.35. The molecule has 0 radical (unpaired) electrons. The van der Waals surface area contributed by atoms with Gasteiger partial charge in [0, 0.05) is 6.54 Å². The molecule has 0 aliphatic carbocycles. The predicted molar refractivity (Wildman–Crippen MR) is 104 cm³/mol. The van der Waals surface area contributed by atoms with Crippen molar-refractivity contribution in [3.05, 3.63) is 64.7 Å². The molecule has 0 saturated carbocycles. The topological polar surface area (TPSA) is 84.5 Å². The van der Waals surface area contributed by atoms with Crippen molar-refractivity contribution in [2.45, 2.75) is 32.6 Å². The molecule has 0 unspecified atom stereocenters. The lowest BCUT2D eigenvalue weighted by Crippen LogP contribution is -2.50. The third-order valence-corrected chi connectivity index (χ3v) is 4.78. The predicted octanol–water partition coefficient (Wildman–Crippen LogP) is 2.50. The van der Waals surface area contributed by atoms with E-state index in [0.29, 0.717) is 34.8 Å². The molecule has 28 heavy (non-hydrogen) atoms. The highest BCUT2D eigenvalue weighted by Gasteiger charge is 2.36. The average molecular weight is 379 g/mol. The second-order valence-corrected chi connectivity index (χ2v) is 6.69. The fourth-order valence-electron chi connectivity index (χ4n) is 3.31. The number of ether oxygens (including phenoxy) is 2. The second-order valence-electron chi connectivity index (χ2n) is 6.69. The van der Waals surface area contributed by atoms with Gasteiger partial charge in [0.2, 0.25) is 6.10 Å². The van der Waals surface area contributed by atoms with Crippen LogP contribution in [0, 0.1) is 0 Å². The number of aromatic nitrogens is 2. The van der Waals surface area contributed by atoms with Crippen LogP contribution >= 0.6 is 0 Å². The summed E-state index contributed by atoms with van der Waals surface area (Å²) in [6.45, 7) is 4.31. The Morgan fingerprint density at radius 3 is 2.54 bits per heavy atom. The van der Waals surface area contributed by atoms with Gasteiger partial charge in [-0.1, -0.05) is 24.3 Å². The third-order valence-electron chi connectivity index (χ3n) is 4.78. The zero-order valence-corrected chi connectivity index (χ0v) is 15.7. The summed E-state index contributed by atoms with van der Waals surface area (Å²) in [6, 6.07) is 14.4. The van der Waals surface area contributed by atoms with Gasteiger partial charge in [0.05, 0.1) is 17.4 Å². The maximum Gasteiger partial charge on any atom is 0.267 e. The molecule has 1 aliphatic rings. The number of nitrogens with zero attached hydrogens (tertiary/aromatic N) is 2. The summed E-state index contributed by atoms with van der Waals surface area (Å²) in [5, 5.41) is 0.523. The fraction of sp³-hybridized carbons (Fsp3) is 0.286. The number of rotatable bonds is 4. The van der Waals surface area contributed by atoms with Gasteiger partial charge in [-0.2, -0.15) is 0 Å². The molecule has 144 valence electrons. The zero-order valence-electron chi connectivity index (χ0n) is 15.7. The summed E-state index contributed by atoms with van der Waals surface area (Å²) in [6.07, 6.45) is -1.19. The minimum absolute atomic E-state index is 0.184. The van der Waals surface area contributed by atoms with Gasteiger partial charge in [-0.3, -0.25) is 9.59 Å². The molecule has 7 heteroatoms. The van der Waals surface area contributed by atoms with E-state index in [1.807, 2.05) is 38.1 Å². The Bertz CT molecular complexity index is 1080. The summed E-state index contributed by atoms with van der Waals surface area (Å²) < 4.78 is 11.8. The Labute approximate surface area is 161 Å². The molecule has 0 fully saturated rings. The second kappa shape index (κ2) is 7.34. The Balaban J connectivity index is 1.57. The van der Waals surface area contributed by atoms with E-state index in [9.17, 15) is 9.59 Å². The summed E-state index contributed by atoms with van der Waals surface area (Å²) >= 11 is 0. The first-order valence-electron chi connectivity index (χ1n) is 9.26. The number of carbonyl (C=O) groups is 1. The highest BCUT2D eigenvalue weighted by Crippen LogP contribution is 2.34. The van der Waals surface area contributed by atoms with E-state index in [1.54, 1.807) is 29.2 Å². The van der Waals surface area contributed by atoms with Crippen molar-refractivity contribution in [2.24, 2.45) is 0 Å². The lowest BCUT2D eigenvalue weighted by Gasteiger charge is -2.34. The monoisotopic (exact) mass is 379 g/mol. The SMILES string of the molecule is CCN(Cc1nc2ccccc2c(=O)[nH]1)C(=O)[C@@H]1Oc2ccccc2O[C@H]1C. The van der Waals surface area contributed by atoms with Crippen LogP contribution in [-0.4, -0.2) is 39.5 Å². The van der Waals surface area contributed by atoms with Crippen LogP contribution in [0.2, 0.25) is 0 Å². The van der Waals surface area contributed by atoms with Crippen LogP contribution in [0.3, 0.4) is 0 Å². The number of para-hydroxylation sites is 3. The molecule has 2 aromatic carbocycles. The Kier molecular flexibility index (Phi) is 4.73. The summed E-state index contributed by atoms with van der Waals surface area (Å²) in [4.78, 5) is 34.2. The van der Waals surface area contributed by atoms with Gasteiger partial charge in [0.1, 0.15) is 11.9 Å². The van der Waals surface area contributed by atoms with Crippen molar-refractivity contribution in [3.8, 4) is 11.5 Å². The van der Waals surface area contributed by atoms with Crippen LogP contribution < -0.4 is 15.0 Å². The van der Waals surface area contributed by atoms with E-state index in [0.717, 1.165) is 0 Å². The van der Waals surface area contributed by atoms with Crippen LogP contribution in [0.5, 0.6) is 11.5 Å². The zero-order chi connectivity index (χ0) is 19.7. The molecule has 2 atom stereocenters. The molecule has 2 heterocycles. The summed E-state index contributed by atoms with van der Waals surface area (Å²) in [5.41, 5.74) is 0.382. The lowest BCUT2D eigenvalue weighted by atomic mass is 10.1. The first kappa shape index (κ1) is 18.0. The molecular formula is C21H21N3O4. The van der Waals surface area contributed by atoms with E-state index >= 15 is 0 Å². The molecule has 0 spiro atoms. The van der Waals surface area contributed by atoms with Crippen molar-refractivity contribution in [1.29, 1.82) is 0 Å². The van der Waals surface area contributed by atoms with E-state index in [2.05, 4.69) is 9.97 Å². The summed E-state index contributed by atoms with van der Waals surface area (Å²) in [5.74, 6) is 1.40. The molecule has 1 aliphatic heterocycles. The normalized spacial score (nSPS) is 18.1. The molecule has 0 bridgehead atoms. The highest BCUT2D eigenvalue weighted by atomic mass is 16.6. The van der Waals surface area contributed by atoms with Gasteiger partial charge in [0.15, 0.2) is 11.5 Å². The van der Waals surface area contributed by atoms with Crippen LogP contribution in [-0.2, 0) is 11.3 Å². The molecule has 0 saturated heterocycles. The van der Waals surface area contributed by atoms with Gasteiger partial charge in [-0.05, 0) is 38.1 Å². The lowest BCUT2D eigenvalue weighted by molar-refractivity contribution is -0.144. The fourth-order valence-corrected chi connectivity index (χ4v) is 3.31. The number of carbonyl (C=O) groups excluding carboxylic acids is 1. The third kappa shape index (κ3) is 3.31. The Morgan fingerprint density at radius 2 is 1.79 bits per heavy atom. The molecule has 1 amide bonds. The average Bonchev–Trinajstić information content (AvgIpc) is 2.71. The van der Waals surface area contributed by atoms with Gasteiger partial charge in [-0.25, -0.2) is 4.98 Å². The highest BCUT2D eigenvalue weighted by molar-refractivity contribution is 5.82. The first-order valence-corrected chi connectivity index (χ1v) is 9.26. The van der Waals surface area contributed by atoms with Gasteiger partial charge < -0.3 is 19.4 Å². The van der Waals surface area contributed by atoms with Gasteiger partial charge in [0.25, 0.3) is 11.5 Å². The van der Waals surface area contributed by atoms with Crippen molar-refractivity contribution >= 4 is 16.8 Å². The Morgan fingerprint density at radius 1 is 1.11 bits per heavy atom. The largest absolute Gasteiger partial charge is 0.482 e. The number of benzene rings is 2. The summed E-state index contributed by atoms with van der Waals surface area (Å²) in [7, 11) is 0. The van der Waals surface area contributed by atoms with Crippen molar-refractivity contribution in [2.75, 3.05) is 6.54 Å². The van der Waals surface area contributed by atoms with Crippen LogP contribution in [0.15, 0.2) is 53.3 Å². The number of likely N-dealkylation sites (N-methyl/N-ethyl adjacent to an activating group) is 1. The van der Waals surface area contributed by atoms with Crippen molar-refractivity contribution in [1.82, 2.24) is 14.9 Å².